The van der Waals surface area contributed by atoms with E-state index in [0.717, 1.165) is 11.3 Å². The molecule has 0 aliphatic heterocycles. The van der Waals surface area contributed by atoms with Gasteiger partial charge in [-0.2, -0.15) is 0 Å². The van der Waals surface area contributed by atoms with E-state index in [9.17, 15) is 4.79 Å². The van der Waals surface area contributed by atoms with Gasteiger partial charge in [-0.05, 0) is 36.6 Å². The van der Waals surface area contributed by atoms with Crippen molar-refractivity contribution in [1.82, 2.24) is 0 Å². The number of hydrogen-bond acceptors (Lipinski definition) is 2. The number of para-hydroxylation sites is 1. The van der Waals surface area contributed by atoms with Gasteiger partial charge in [0.05, 0.1) is 5.02 Å². The summed E-state index contributed by atoms with van der Waals surface area (Å²) in [6.07, 6.45) is -0.703. The van der Waals surface area contributed by atoms with Gasteiger partial charge in [0.1, 0.15) is 5.75 Å². The van der Waals surface area contributed by atoms with Crippen molar-refractivity contribution >= 4 is 34.8 Å². The minimum absolute atomic E-state index is 0.242. The van der Waals surface area contributed by atoms with Crippen LogP contribution in [0.5, 0.6) is 5.75 Å². The average molecular weight is 352 g/mol. The second-order valence-corrected chi connectivity index (χ2v) is 6.41. The number of anilines is 1. The molecular formula is C18H19Cl2NO2. The summed E-state index contributed by atoms with van der Waals surface area (Å²) in [5.41, 5.74) is 1.87. The van der Waals surface area contributed by atoms with Crippen LogP contribution in [0.1, 0.15) is 32.3 Å². The third kappa shape index (κ3) is 4.63. The third-order valence-corrected chi connectivity index (χ3v) is 3.95. The van der Waals surface area contributed by atoms with Gasteiger partial charge in [0.2, 0.25) is 0 Å². The molecule has 0 saturated heterocycles. The maximum Gasteiger partial charge on any atom is 0.265 e. The number of ether oxygens (including phenoxy) is 1. The van der Waals surface area contributed by atoms with Gasteiger partial charge in [-0.1, -0.05) is 55.2 Å². The molecule has 0 aliphatic rings. The Morgan fingerprint density at radius 2 is 1.78 bits per heavy atom. The first-order chi connectivity index (χ1) is 10.9. The smallest absolute Gasteiger partial charge is 0.265 e. The molecule has 2 aromatic rings. The summed E-state index contributed by atoms with van der Waals surface area (Å²) in [6.45, 7) is 5.83. The molecule has 0 saturated carbocycles. The molecule has 0 bridgehead atoms. The highest BCUT2D eigenvalue weighted by atomic mass is 35.5. The largest absolute Gasteiger partial charge is 0.479 e. The lowest BCUT2D eigenvalue weighted by atomic mass is 10.0. The first-order valence-electron chi connectivity index (χ1n) is 7.40. The quantitative estimate of drug-likeness (QED) is 0.769. The molecule has 0 spiro atoms. The maximum absolute atomic E-state index is 12.4. The fraction of sp³-hybridized carbons (Fsp3) is 0.278. The highest BCUT2D eigenvalue weighted by Gasteiger charge is 2.18. The number of carbonyl (C=O) groups excluding carboxylic acids is 1. The van der Waals surface area contributed by atoms with Crippen molar-refractivity contribution in [3.05, 3.63) is 58.1 Å². The third-order valence-electron chi connectivity index (χ3n) is 3.41. The van der Waals surface area contributed by atoms with Crippen molar-refractivity contribution in [2.24, 2.45) is 0 Å². The molecule has 0 aliphatic carbocycles. The van der Waals surface area contributed by atoms with Crippen molar-refractivity contribution < 1.29 is 9.53 Å². The summed E-state index contributed by atoms with van der Waals surface area (Å²) in [7, 11) is 0. The lowest BCUT2D eigenvalue weighted by Gasteiger charge is -2.18. The van der Waals surface area contributed by atoms with Crippen molar-refractivity contribution in [3.8, 4) is 5.75 Å². The van der Waals surface area contributed by atoms with E-state index in [1.165, 1.54) is 0 Å². The van der Waals surface area contributed by atoms with Crippen LogP contribution >= 0.6 is 23.2 Å². The van der Waals surface area contributed by atoms with E-state index >= 15 is 0 Å². The molecule has 23 heavy (non-hydrogen) atoms. The molecule has 1 atom stereocenters. The summed E-state index contributed by atoms with van der Waals surface area (Å²) in [5, 5.41) is 3.82. The van der Waals surface area contributed by atoms with Crippen molar-refractivity contribution in [3.63, 3.8) is 0 Å². The number of amides is 1. The summed E-state index contributed by atoms with van der Waals surface area (Å²) in [4.78, 5) is 12.4. The van der Waals surface area contributed by atoms with Gasteiger partial charge in [0.25, 0.3) is 5.91 Å². The van der Waals surface area contributed by atoms with Gasteiger partial charge < -0.3 is 10.1 Å². The molecule has 5 heteroatoms. The summed E-state index contributed by atoms with van der Waals surface area (Å²) >= 11 is 12.0. The normalized spacial score (nSPS) is 12.1. The fourth-order valence-electron chi connectivity index (χ4n) is 2.16. The Bertz CT molecular complexity index is 701. The van der Waals surface area contributed by atoms with Crippen LogP contribution in [0.2, 0.25) is 10.0 Å². The SMILES string of the molecule is CC(C)c1ccccc1NC(=O)[C@H](C)Oc1cc(Cl)ccc1Cl. The molecule has 0 aromatic heterocycles. The molecule has 2 aromatic carbocycles. The minimum atomic E-state index is -0.703. The van der Waals surface area contributed by atoms with Gasteiger partial charge in [0.15, 0.2) is 6.10 Å². The second kappa shape index (κ2) is 7.71. The van der Waals surface area contributed by atoms with Crippen LogP contribution < -0.4 is 10.1 Å². The maximum atomic E-state index is 12.4. The first kappa shape index (κ1) is 17.6. The monoisotopic (exact) mass is 351 g/mol. The zero-order valence-electron chi connectivity index (χ0n) is 13.3. The first-order valence-corrected chi connectivity index (χ1v) is 8.15. The van der Waals surface area contributed by atoms with Gasteiger partial charge in [0, 0.05) is 16.8 Å². The molecule has 0 unspecified atom stereocenters. The van der Waals surface area contributed by atoms with Crippen LogP contribution in [0.25, 0.3) is 0 Å². The fourth-order valence-corrected chi connectivity index (χ4v) is 2.48. The Morgan fingerprint density at radius 1 is 1.09 bits per heavy atom. The Hall–Kier alpha value is -1.71. The van der Waals surface area contributed by atoms with Crippen molar-refractivity contribution in [2.45, 2.75) is 32.8 Å². The number of nitrogens with one attached hydrogen (secondary N) is 1. The van der Waals surface area contributed by atoms with Gasteiger partial charge in [-0.25, -0.2) is 0 Å². The molecule has 1 N–H and O–H groups in total. The average Bonchev–Trinajstić information content (AvgIpc) is 2.51. The molecular weight excluding hydrogens is 333 g/mol. The van der Waals surface area contributed by atoms with E-state index in [2.05, 4.69) is 19.2 Å². The minimum Gasteiger partial charge on any atom is -0.479 e. The van der Waals surface area contributed by atoms with E-state index < -0.39 is 6.10 Å². The van der Waals surface area contributed by atoms with Gasteiger partial charge in [-0.15, -0.1) is 0 Å². The van der Waals surface area contributed by atoms with Crippen molar-refractivity contribution in [2.75, 3.05) is 5.32 Å². The lowest BCUT2D eigenvalue weighted by molar-refractivity contribution is -0.122. The van der Waals surface area contributed by atoms with E-state index in [-0.39, 0.29) is 5.91 Å². The summed E-state index contributed by atoms with van der Waals surface area (Å²) in [5.74, 6) is 0.457. The Kier molecular flexibility index (Phi) is 5.91. The Morgan fingerprint density at radius 3 is 2.48 bits per heavy atom. The number of rotatable bonds is 5. The number of halogens is 2. The van der Waals surface area contributed by atoms with Gasteiger partial charge >= 0.3 is 0 Å². The number of hydrogen-bond donors (Lipinski definition) is 1. The number of carbonyl (C=O) groups is 1. The standard InChI is InChI=1S/C18H19Cl2NO2/c1-11(2)14-6-4-5-7-16(14)21-18(22)12(3)23-17-10-13(19)8-9-15(17)20/h4-12H,1-3H3,(H,21,22)/t12-/m0/s1. The molecule has 2 rings (SSSR count). The van der Waals surface area contributed by atoms with Crippen LogP contribution in [0.3, 0.4) is 0 Å². The summed E-state index contributed by atoms with van der Waals surface area (Å²) in [6, 6.07) is 12.6. The van der Waals surface area contributed by atoms with E-state index in [0.29, 0.717) is 21.7 Å². The Labute approximate surface area is 146 Å². The number of benzene rings is 2. The zero-order valence-corrected chi connectivity index (χ0v) is 14.8. The molecule has 0 fully saturated rings. The van der Waals surface area contributed by atoms with Crippen LogP contribution in [-0.4, -0.2) is 12.0 Å². The highest BCUT2D eigenvalue weighted by molar-refractivity contribution is 6.34. The molecule has 0 heterocycles. The molecule has 1 amide bonds. The zero-order chi connectivity index (χ0) is 17.0. The van der Waals surface area contributed by atoms with Crippen LogP contribution in [0.4, 0.5) is 5.69 Å². The summed E-state index contributed by atoms with van der Waals surface area (Å²) < 4.78 is 5.63. The predicted molar refractivity (Wildman–Crippen MR) is 95.7 cm³/mol. The van der Waals surface area contributed by atoms with E-state index in [4.69, 9.17) is 27.9 Å². The lowest BCUT2D eigenvalue weighted by Crippen LogP contribution is -2.30. The highest BCUT2D eigenvalue weighted by Crippen LogP contribution is 2.29. The Balaban J connectivity index is 2.10. The topological polar surface area (TPSA) is 38.3 Å². The van der Waals surface area contributed by atoms with Crippen LogP contribution in [0.15, 0.2) is 42.5 Å². The molecule has 122 valence electrons. The van der Waals surface area contributed by atoms with Crippen molar-refractivity contribution in [1.29, 1.82) is 0 Å². The van der Waals surface area contributed by atoms with Crippen LogP contribution in [0, 0.1) is 0 Å². The predicted octanol–water partition coefficient (Wildman–Crippen LogP) is 5.52. The molecule has 0 radical (unpaired) electrons. The molecule has 3 nitrogen and oxygen atoms in total. The van der Waals surface area contributed by atoms with E-state index in [1.807, 2.05) is 24.3 Å². The van der Waals surface area contributed by atoms with Crippen LogP contribution in [-0.2, 0) is 4.79 Å². The van der Waals surface area contributed by atoms with E-state index in [1.54, 1.807) is 25.1 Å². The second-order valence-electron chi connectivity index (χ2n) is 5.57. The van der Waals surface area contributed by atoms with Gasteiger partial charge in [-0.3, -0.25) is 4.79 Å².